The van der Waals surface area contributed by atoms with Crippen LogP contribution in [0.3, 0.4) is 0 Å². The lowest BCUT2D eigenvalue weighted by Crippen LogP contribution is -2.42. The number of hydrogen-bond donors (Lipinski definition) is 2. The Labute approximate surface area is 208 Å². The van der Waals surface area contributed by atoms with Crippen LogP contribution < -0.4 is 4.90 Å². The second-order valence-corrected chi connectivity index (χ2v) is 9.28. The summed E-state index contributed by atoms with van der Waals surface area (Å²) in [5.74, 6) is -0.422. The molecule has 1 heterocycles. The predicted molar refractivity (Wildman–Crippen MR) is 138 cm³/mol. The Balaban J connectivity index is 1.82. The van der Waals surface area contributed by atoms with Gasteiger partial charge in [-0.05, 0) is 54.8 Å². The number of aliphatic hydroxyl groups excluding tert-OH is 1. The average Bonchev–Trinajstić information content (AvgIpc) is 2.85. The van der Waals surface area contributed by atoms with E-state index in [4.69, 9.17) is 23.2 Å². The zero-order valence-corrected chi connectivity index (χ0v) is 19.8. The van der Waals surface area contributed by atoms with E-state index in [1.54, 1.807) is 41.3 Å². The molecular formula is C28H22Cl2N2O2. The number of ketones is 1. The van der Waals surface area contributed by atoms with E-state index >= 15 is 0 Å². The molecule has 5 rings (SSSR count). The highest BCUT2D eigenvalue weighted by Crippen LogP contribution is 2.48. The molecule has 3 aromatic carbocycles. The van der Waals surface area contributed by atoms with E-state index in [1.165, 1.54) is 0 Å². The van der Waals surface area contributed by atoms with Gasteiger partial charge in [0.2, 0.25) is 0 Å². The first-order valence-corrected chi connectivity index (χ1v) is 11.9. The number of Topliss-reactive ketones (excluding diaryl/α,β-unsaturated/α-hetero) is 1. The van der Waals surface area contributed by atoms with Crippen molar-refractivity contribution in [3.8, 4) is 0 Å². The van der Waals surface area contributed by atoms with Crippen LogP contribution in [-0.2, 0) is 4.79 Å². The van der Waals surface area contributed by atoms with Gasteiger partial charge in [-0.2, -0.15) is 0 Å². The fourth-order valence-electron chi connectivity index (χ4n) is 4.81. The van der Waals surface area contributed by atoms with Gasteiger partial charge >= 0.3 is 0 Å². The van der Waals surface area contributed by atoms with Crippen LogP contribution >= 0.6 is 23.2 Å². The topological polar surface area (TPSA) is 64.4 Å². The third-order valence-corrected chi connectivity index (χ3v) is 6.85. The number of amidine groups is 1. The maximum atomic E-state index is 13.4. The summed E-state index contributed by atoms with van der Waals surface area (Å²) in [7, 11) is 0. The van der Waals surface area contributed by atoms with Gasteiger partial charge < -0.3 is 5.11 Å². The molecule has 34 heavy (non-hydrogen) atoms. The van der Waals surface area contributed by atoms with Gasteiger partial charge in [-0.15, -0.1) is 0 Å². The van der Waals surface area contributed by atoms with Crippen molar-refractivity contribution in [3.05, 3.63) is 117 Å². The number of nitrogens with zero attached hydrogens (tertiary/aromatic N) is 1. The van der Waals surface area contributed by atoms with Crippen molar-refractivity contribution in [3.63, 3.8) is 0 Å². The molecule has 2 N–H and O–H groups in total. The molecule has 0 radical (unpaired) electrons. The number of rotatable bonds is 3. The Bertz CT molecular complexity index is 1330. The van der Waals surface area contributed by atoms with E-state index in [0.717, 1.165) is 16.9 Å². The number of carbonyl (C=O) groups is 1. The Morgan fingerprint density at radius 3 is 2.15 bits per heavy atom. The second-order valence-electron chi connectivity index (χ2n) is 8.41. The molecule has 0 fully saturated rings. The molecule has 6 heteroatoms. The van der Waals surface area contributed by atoms with Gasteiger partial charge in [-0.25, -0.2) is 0 Å². The molecule has 0 amide bonds. The van der Waals surface area contributed by atoms with Crippen molar-refractivity contribution in [1.29, 1.82) is 5.41 Å². The van der Waals surface area contributed by atoms with Crippen molar-refractivity contribution >= 4 is 46.3 Å². The highest BCUT2D eigenvalue weighted by molar-refractivity contribution is 6.31. The van der Waals surface area contributed by atoms with Gasteiger partial charge in [0.1, 0.15) is 11.6 Å². The molecule has 0 aromatic heterocycles. The Morgan fingerprint density at radius 1 is 0.882 bits per heavy atom. The van der Waals surface area contributed by atoms with Gasteiger partial charge in [0, 0.05) is 50.5 Å². The molecule has 4 nitrogen and oxygen atoms in total. The number of aliphatic hydroxyl groups is 1. The van der Waals surface area contributed by atoms with Crippen LogP contribution in [0.4, 0.5) is 5.69 Å². The molecule has 0 saturated heterocycles. The van der Waals surface area contributed by atoms with Crippen molar-refractivity contribution in [2.75, 3.05) is 4.90 Å². The highest BCUT2D eigenvalue weighted by atomic mass is 35.5. The van der Waals surface area contributed by atoms with Crippen LogP contribution in [0, 0.1) is 5.41 Å². The molecule has 1 aliphatic heterocycles. The predicted octanol–water partition coefficient (Wildman–Crippen LogP) is 7.55. The first-order chi connectivity index (χ1) is 16.5. The van der Waals surface area contributed by atoms with Crippen LogP contribution in [0.1, 0.15) is 36.3 Å². The molecule has 0 saturated carbocycles. The van der Waals surface area contributed by atoms with Gasteiger partial charge in [0.05, 0.1) is 0 Å². The summed E-state index contributed by atoms with van der Waals surface area (Å²) in [5.41, 5.74) is 3.93. The summed E-state index contributed by atoms with van der Waals surface area (Å²) in [4.78, 5) is 15.2. The van der Waals surface area contributed by atoms with Gasteiger partial charge in [0.25, 0.3) is 0 Å². The monoisotopic (exact) mass is 488 g/mol. The molecule has 3 aromatic rings. The van der Waals surface area contributed by atoms with Crippen LogP contribution in [0.15, 0.2) is 95.7 Å². The van der Waals surface area contributed by atoms with Gasteiger partial charge in [-0.1, -0.05) is 65.7 Å². The summed E-state index contributed by atoms with van der Waals surface area (Å²) < 4.78 is 0. The SMILES string of the molecule is N=C1C(=C(O)c2ccccc2)[C@@H](c2ccc(Cl)cc2)C2=C(CCCC2=O)N1c1ccc(Cl)cc1. The molecule has 1 atom stereocenters. The molecule has 0 unspecified atom stereocenters. The third kappa shape index (κ3) is 3.93. The van der Waals surface area contributed by atoms with Crippen molar-refractivity contribution in [1.82, 2.24) is 0 Å². The molecular weight excluding hydrogens is 467 g/mol. The maximum Gasteiger partial charge on any atom is 0.161 e. The minimum absolute atomic E-state index is 0.0190. The second kappa shape index (κ2) is 9.13. The van der Waals surface area contributed by atoms with Crippen LogP contribution in [-0.4, -0.2) is 16.7 Å². The fraction of sp³-hybridized carbons (Fsp3) is 0.143. The summed E-state index contributed by atoms with van der Waals surface area (Å²) in [6.07, 6.45) is 1.81. The molecule has 170 valence electrons. The number of allylic oxidation sites excluding steroid dienone is 2. The number of benzene rings is 3. The van der Waals surface area contributed by atoms with Crippen molar-refractivity contribution in [2.24, 2.45) is 0 Å². The lowest BCUT2D eigenvalue weighted by molar-refractivity contribution is -0.116. The largest absolute Gasteiger partial charge is 0.507 e. The standard InChI is InChI=1S/C28H22Cl2N2O2/c29-19-11-9-17(10-12-19)24-25-22(7-4-8-23(25)33)32(21-15-13-20(30)14-16-21)28(31)26(24)27(34)18-5-2-1-3-6-18/h1-3,5-6,9-16,24,31,34H,4,7-8H2/t24-/m0/s1. The summed E-state index contributed by atoms with van der Waals surface area (Å²) in [6, 6.07) is 23.6. The summed E-state index contributed by atoms with van der Waals surface area (Å²) in [5, 5.41) is 22.0. The number of carbonyl (C=O) groups excluding carboxylic acids is 1. The minimum atomic E-state index is -0.573. The van der Waals surface area contributed by atoms with E-state index in [2.05, 4.69) is 0 Å². The Kier molecular flexibility index (Phi) is 6.03. The normalized spacial score (nSPS) is 19.8. The Morgan fingerprint density at radius 2 is 1.50 bits per heavy atom. The van der Waals surface area contributed by atoms with E-state index in [-0.39, 0.29) is 17.4 Å². The fourth-order valence-corrected chi connectivity index (χ4v) is 5.06. The van der Waals surface area contributed by atoms with Gasteiger partial charge in [-0.3, -0.25) is 15.1 Å². The maximum absolute atomic E-state index is 13.4. The lowest BCUT2D eigenvalue weighted by atomic mass is 9.73. The summed E-state index contributed by atoms with van der Waals surface area (Å²) >= 11 is 12.3. The molecule has 0 spiro atoms. The average molecular weight is 489 g/mol. The smallest absolute Gasteiger partial charge is 0.161 e. The number of halogens is 2. The van der Waals surface area contributed by atoms with E-state index in [0.29, 0.717) is 46.0 Å². The van der Waals surface area contributed by atoms with Gasteiger partial charge in [0.15, 0.2) is 5.78 Å². The molecule has 1 aliphatic carbocycles. The van der Waals surface area contributed by atoms with Crippen LogP contribution in [0.2, 0.25) is 10.0 Å². The zero-order chi connectivity index (χ0) is 23.8. The highest BCUT2D eigenvalue weighted by Gasteiger charge is 2.43. The number of nitrogens with one attached hydrogen (secondary N) is 1. The van der Waals surface area contributed by atoms with Crippen molar-refractivity contribution < 1.29 is 9.90 Å². The first-order valence-electron chi connectivity index (χ1n) is 11.1. The lowest BCUT2D eigenvalue weighted by Gasteiger charge is -2.41. The minimum Gasteiger partial charge on any atom is -0.507 e. The number of hydrogen-bond acceptors (Lipinski definition) is 3. The van der Waals surface area contributed by atoms with Crippen LogP contribution in [0.5, 0.6) is 0 Å². The van der Waals surface area contributed by atoms with E-state index < -0.39 is 5.92 Å². The van der Waals surface area contributed by atoms with E-state index in [1.807, 2.05) is 42.5 Å². The summed E-state index contributed by atoms with van der Waals surface area (Å²) in [6.45, 7) is 0. The zero-order valence-electron chi connectivity index (χ0n) is 18.3. The van der Waals surface area contributed by atoms with Crippen molar-refractivity contribution in [2.45, 2.75) is 25.2 Å². The first kappa shape index (κ1) is 22.5. The quantitative estimate of drug-likeness (QED) is 0.374. The third-order valence-electron chi connectivity index (χ3n) is 6.35. The Hall–Kier alpha value is -3.34. The number of anilines is 1. The van der Waals surface area contributed by atoms with Crippen LogP contribution in [0.25, 0.3) is 5.76 Å². The van der Waals surface area contributed by atoms with E-state index in [9.17, 15) is 15.3 Å². The molecule has 0 bridgehead atoms. The molecule has 2 aliphatic rings.